The van der Waals surface area contributed by atoms with Crippen molar-refractivity contribution in [2.45, 2.75) is 51.4 Å². The van der Waals surface area contributed by atoms with Crippen LogP contribution in [0.3, 0.4) is 0 Å². The third-order valence-electron chi connectivity index (χ3n) is 4.65. The highest BCUT2D eigenvalue weighted by Crippen LogP contribution is 2.38. The van der Waals surface area contributed by atoms with Gasteiger partial charge >= 0.3 is 0 Å². The molecule has 21 heavy (non-hydrogen) atoms. The molecule has 2 aliphatic rings. The number of aryl methyl sites for hydroxylation is 2. The standard InChI is InChI=1S/C16H20ClN3S/c17-14-13-11-7-3-1-4-8-12(11)21-15(13)19-16(18-14)20-9-5-2-6-10-20/h1-10H2. The fourth-order valence-corrected chi connectivity index (χ4v) is 5.11. The van der Waals surface area contributed by atoms with Crippen molar-refractivity contribution >= 4 is 39.1 Å². The predicted molar refractivity (Wildman–Crippen MR) is 89.7 cm³/mol. The summed E-state index contributed by atoms with van der Waals surface area (Å²) >= 11 is 8.39. The third-order valence-corrected chi connectivity index (χ3v) is 6.11. The summed E-state index contributed by atoms with van der Waals surface area (Å²) in [5.41, 5.74) is 1.43. The molecule has 3 heterocycles. The van der Waals surface area contributed by atoms with Crippen molar-refractivity contribution in [3.63, 3.8) is 0 Å². The molecule has 3 nitrogen and oxygen atoms in total. The van der Waals surface area contributed by atoms with Crippen molar-refractivity contribution in [2.75, 3.05) is 18.0 Å². The highest BCUT2D eigenvalue weighted by Gasteiger charge is 2.21. The molecule has 0 saturated carbocycles. The molecule has 5 heteroatoms. The molecule has 0 spiro atoms. The normalized spacial score (nSPS) is 19.6. The fourth-order valence-electron chi connectivity index (χ4n) is 3.51. The molecule has 0 N–H and O–H groups in total. The van der Waals surface area contributed by atoms with Gasteiger partial charge in [-0.1, -0.05) is 18.0 Å². The summed E-state index contributed by atoms with van der Waals surface area (Å²) in [5, 5.41) is 1.80. The molecular formula is C16H20ClN3S. The second-order valence-electron chi connectivity index (χ2n) is 6.11. The SMILES string of the molecule is Clc1nc(N2CCCCC2)nc2sc3c(c12)CCCCC3. The van der Waals surface area contributed by atoms with Gasteiger partial charge in [-0.05, 0) is 50.5 Å². The van der Waals surface area contributed by atoms with Crippen molar-refractivity contribution in [3.05, 3.63) is 15.6 Å². The fraction of sp³-hybridized carbons (Fsp3) is 0.625. The van der Waals surface area contributed by atoms with Crippen LogP contribution in [0.2, 0.25) is 5.15 Å². The molecule has 0 bridgehead atoms. The van der Waals surface area contributed by atoms with Gasteiger partial charge in [-0.25, -0.2) is 9.97 Å². The quantitative estimate of drug-likeness (QED) is 0.567. The van der Waals surface area contributed by atoms with Gasteiger partial charge in [-0.15, -0.1) is 11.3 Å². The van der Waals surface area contributed by atoms with Crippen molar-refractivity contribution < 1.29 is 0 Å². The maximum atomic E-state index is 6.54. The lowest BCUT2D eigenvalue weighted by Gasteiger charge is -2.26. The molecule has 0 amide bonds. The monoisotopic (exact) mass is 321 g/mol. The summed E-state index contributed by atoms with van der Waals surface area (Å²) in [4.78, 5) is 14.4. The zero-order chi connectivity index (χ0) is 14.2. The Morgan fingerprint density at radius 2 is 1.67 bits per heavy atom. The van der Waals surface area contributed by atoms with E-state index in [-0.39, 0.29) is 0 Å². The zero-order valence-electron chi connectivity index (χ0n) is 12.2. The third kappa shape index (κ3) is 2.53. The van der Waals surface area contributed by atoms with E-state index >= 15 is 0 Å². The maximum absolute atomic E-state index is 6.54. The van der Waals surface area contributed by atoms with Crippen molar-refractivity contribution in [3.8, 4) is 0 Å². The molecule has 112 valence electrons. The van der Waals surface area contributed by atoms with Crippen LogP contribution in [0.15, 0.2) is 0 Å². The Bertz CT molecular complexity index is 661. The highest BCUT2D eigenvalue weighted by atomic mass is 35.5. The van der Waals surface area contributed by atoms with E-state index in [4.69, 9.17) is 16.6 Å². The lowest BCUT2D eigenvalue weighted by Crippen LogP contribution is -2.30. The van der Waals surface area contributed by atoms with Crippen LogP contribution in [-0.4, -0.2) is 23.1 Å². The number of thiophene rings is 1. The van der Waals surface area contributed by atoms with Crippen molar-refractivity contribution in [1.82, 2.24) is 9.97 Å². The van der Waals surface area contributed by atoms with Gasteiger partial charge in [-0.2, -0.15) is 0 Å². The van der Waals surface area contributed by atoms with E-state index in [1.165, 1.54) is 55.4 Å². The van der Waals surface area contributed by atoms with Gasteiger partial charge in [-0.3, -0.25) is 0 Å². The van der Waals surface area contributed by atoms with Crippen LogP contribution in [0.4, 0.5) is 5.95 Å². The number of fused-ring (bicyclic) bond motifs is 3. The maximum Gasteiger partial charge on any atom is 0.228 e. The molecular weight excluding hydrogens is 302 g/mol. The van der Waals surface area contributed by atoms with Gasteiger partial charge < -0.3 is 4.90 Å². The molecule has 1 aliphatic carbocycles. The number of halogens is 1. The summed E-state index contributed by atoms with van der Waals surface area (Å²) in [7, 11) is 0. The summed E-state index contributed by atoms with van der Waals surface area (Å²) in [6, 6.07) is 0. The van der Waals surface area contributed by atoms with Crippen LogP contribution in [0.5, 0.6) is 0 Å². The molecule has 0 aromatic carbocycles. The average molecular weight is 322 g/mol. The Labute approximate surface area is 134 Å². The number of hydrogen-bond acceptors (Lipinski definition) is 4. The van der Waals surface area contributed by atoms with Gasteiger partial charge in [0, 0.05) is 18.0 Å². The Kier molecular flexibility index (Phi) is 3.76. The number of nitrogens with zero attached hydrogens (tertiary/aromatic N) is 3. The topological polar surface area (TPSA) is 29.0 Å². The van der Waals surface area contributed by atoms with Gasteiger partial charge in [0.15, 0.2) is 0 Å². The van der Waals surface area contributed by atoms with Crippen LogP contribution < -0.4 is 4.90 Å². The number of aromatic nitrogens is 2. The number of anilines is 1. The lowest BCUT2D eigenvalue weighted by molar-refractivity contribution is 0.569. The lowest BCUT2D eigenvalue weighted by atomic mass is 10.1. The molecule has 1 fully saturated rings. The number of hydrogen-bond donors (Lipinski definition) is 0. The van der Waals surface area contributed by atoms with Crippen molar-refractivity contribution in [2.24, 2.45) is 0 Å². The molecule has 2 aromatic rings. The molecule has 0 radical (unpaired) electrons. The molecule has 0 unspecified atom stereocenters. The first-order valence-electron chi connectivity index (χ1n) is 8.05. The first kappa shape index (κ1) is 13.8. The highest BCUT2D eigenvalue weighted by molar-refractivity contribution is 7.19. The largest absolute Gasteiger partial charge is 0.341 e. The smallest absolute Gasteiger partial charge is 0.228 e. The zero-order valence-corrected chi connectivity index (χ0v) is 13.8. The average Bonchev–Trinajstić information content (AvgIpc) is 2.71. The molecule has 0 atom stereocenters. The van der Waals surface area contributed by atoms with Crippen LogP contribution >= 0.6 is 22.9 Å². The first-order valence-corrected chi connectivity index (χ1v) is 9.25. The summed E-state index contributed by atoms with van der Waals surface area (Å²) in [6.07, 6.45) is 10.0. The van der Waals surface area contributed by atoms with E-state index in [2.05, 4.69) is 9.88 Å². The van der Waals surface area contributed by atoms with E-state index in [0.717, 1.165) is 35.7 Å². The Balaban J connectivity index is 1.79. The van der Waals surface area contributed by atoms with Crippen LogP contribution in [0.25, 0.3) is 10.2 Å². The Morgan fingerprint density at radius 3 is 2.52 bits per heavy atom. The van der Waals surface area contributed by atoms with E-state index in [9.17, 15) is 0 Å². The number of rotatable bonds is 1. The van der Waals surface area contributed by atoms with Gasteiger partial charge in [0.1, 0.15) is 9.98 Å². The van der Waals surface area contributed by atoms with Crippen molar-refractivity contribution in [1.29, 1.82) is 0 Å². The van der Waals surface area contributed by atoms with Gasteiger partial charge in [0.25, 0.3) is 0 Å². The minimum atomic E-state index is 0.667. The van der Waals surface area contributed by atoms with E-state index in [1.54, 1.807) is 0 Å². The van der Waals surface area contributed by atoms with Crippen LogP contribution in [-0.2, 0) is 12.8 Å². The Hall–Kier alpha value is -0.870. The Morgan fingerprint density at radius 1 is 0.905 bits per heavy atom. The number of piperidine rings is 1. The minimum absolute atomic E-state index is 0.667. The minimum Gasteiger partial charge on any atom is -0.341 e. The molecule has 2 aromatic heterocycles. The molecule has 4 rings (SSSR count). The van der Waals surface area contributed by atoms with E-state index in [0.29, 0.717) is 5.15 Å². The van der Waals surface area contributed by atoms with Gasteiger partial charge in [0.2, 0.25) is 5.95 Å². The predicted octanol–water partition coefficient (Wildman–Crippen LogP) is 4.60. The van der Waals surface area contributed by atoms with E-state index < -0.39 is 0 Å². The summed E-state index contributed by atoms with van der Waals surface area (Å²) in [6.45, 7) is 2.12. The first-order chi connectivity index (χ1) is 10.3. The van der Waals surface area contributed by atoms with Crippen LogP contribution in [0.1, 0.15) is 49.0 Å². The summed E-state index contributed by atoms with van der Waals surface area (Å²) < 4.78 is 0. The van der Waals surface area contributed by atoms with Gasteiger partial charge in [0.05, 0.1) is 5.39 Å². The molecule has 1 aliphatic heterocycles. The molecule has 1 saturated heterocycles. The summed E-state index contributed by atoms with van der Waals surface area (Å²) in [5.74, 6) is 0.837. The second kappa shape index (κ2) is 5.73. The van der Waals surface area contributed by atoms with E-state index in [1.807, 2.05) is 11.3 Å². The van der Waals surface area contributed by atoms with Crippen LogP contribution in [0, 0.1) is 0 Å². The second-order valence-corrected chi connectivity index (χ2v) is 7.55.